The first-order chi connectivity index (χ1) is 14.0. The molecule has 0 spiro atoms. The van der Waals surface area contributed by atoms with Crippen molar-refractivity contribution in [2.75, 3.05) is 26.2 Å². The lowest BCUT2D eigenvalue weighted by atomic mass is 10.0. The summed E-state index contributed by atoms with van der Waals surface area (Å²) in [6.45, 7) is 7.29. The van der Waals surface area contributed by atoms with E-state index in [-0.39, 0.29) is 17.7 Å². The van der Waals surface area contributed by atoms with Crippen molar-refractivity contribution in [3.63, 3.8) is 0 Å². The Morgan fingerprint density at radius 2 is 1.52 bits per heavy atom. The van der Waals surface area contributed by atoms with Crippen molar-refractivity contribution in [1.29, 1.82) is 0 Å². The molecule has 2 saturated heterocycles. The molecule has 3 heterocycles. The van der Waals surface area contributed by atoms with Gasteiger partial charge in [-0.25, -0.2) is 9.97 Å². The van der Waals surface area contributed by atoms with E-state index < -0.39 is 0 Å². The predicted octanol–water partition coefficient (Wildman–Crippen LogP) is 3.15. The summed E-state index contributed by atoms with van der Waals surface area (Å²) in [6, 6.07) is 0. The van der Waals surface area contributed by atoms with Crippen LogP contribution in [-0.4, -0.2) is 57.8 Å². The van der Waals surface area contributed by atoms with E-state index in [1.807, 2.05) is 23.6 Å². The third-order valence-electron chi connectivity index (χ3n) is 7.04. The minimum atomic E-state index is 0.196. The van der Waals surface area contributed by atoms with Crippen LogP contribution >= 0.6 is 0 Å². The lowest BCUT2D eigenvalue weighted by Crippen LogP contribution is -2.37. The van der Waals surface area contributed by atoms with E-state index >= 15 is 0 Å². The van der Waals surface area contributed by atoms with Crippen LogP contribution in [0.3, 0.4) is 0 Å². The van der Waals surface area contributed by atoms with Crippen LogP contribution in [0.15, 0.2) is 0 Å². The SMILES string of the molecule is Cc1nc(C2CCN(C(=O)C3CCCC3)C2)nc(C)c1CC(=O)N1CCCCC1. The number of likely N-dealkylation sites (tertiary alicyclic amines) is 2. The van der Waals surface area contributed by atoms with Crippen LogP contribution in [0.4, 0.5) is 0 Å². The minimum Gasteiger partial charge on any atom is -0.342 e. The van der Waals surface area contributed by atoms with Gasteiger partial charge in [0.2, 0.25) is 11.8 Å². The third kappa shape index (κ3) is 4.46. The Bertz CT molecular complexity index is 743. The molecule has 29 heavy (non-hydrogen) atoms. The highest BCUT2D eigenvalue weighted by Crippen LogP contribution is 2.31. The zero-order chi connectivity index (χ0) is 20.4. The molecule has 1 aromatic heterocycles. The van der Waals surface area contributed by atoms with Crippen molar-refractivity contribution in [3.8, 4) is 0 Å². The van der Waals surface area contributed by atoms with Gasteiger partial charge in [-0.1, -0.05) is 12.8 Å². The van der Waals surface area contributed by atoms with Gasteiger partial charge in [0, 0.05) is 55.0 Å². The van der Waals surface area contributed by atoms with Crippen LogP contribution < -0.4 is 0 Å². The molecule has 0 aromatic carbocycles. The molecule has 4 rings (SSSR count). The van der Waals surface area contributed by atoms with Crippen molar-refractivity contribution >= 4 is 11.8 Å². The van der Waals surface area contributed by atoms with E-state index in [1.165, 1.54) is 19.3 Å². The molecule has 1 unspecified atom stereocenters. The Kier molecular flexibility index (Phi) is 6.16. The number of hydrogen-bond donors (Lipinski definition) is 0. The topological polar surface area (TPSA) is 66.4 Å². The van der Waals surface area contributed by atoms with Crippen LogP contribution in [0, 0.1) is 19.8 Å². The highest BCUT2D eigenvalue weighted by molar-refractivity contribution is 5.80. The largest absolute Gasteiger partial charge is 0.342 e. The fourth-order valence-electron chi connectivity index (χ4n) is 5.21. The van der Waals surface area contributed by atoms with E-state index in [0.717, 1.165) is 81.1 Å². The molecular weight excluding hydrogens is 364 g/mol. The lowest BCUT2D eigenvalue weighted by molar-refractivity contribution is -0.134. The zero-order valence-electron chi connectivity index (χ0n) is 18.0. The Morgan fingerprint density at radius 3 is 2.17 bits per heavy atom. The molecule has 1 aliphatic carbocycles. The predicted molar refractivity (Wildman–Crippen MR) is 112 cm³/mol. The molecule has 6 heteroatoms. The highest BCUT2D eigenvalue weighted by Gasteiger charge is 2.34. The van der Waals surface area contributed by atoms with Crippen molar-refractivity contribution < 1.29 is 9.59 Å². The van der Waals surface area contributed by atoms with Crippen LogP contribution in [0.5, 0.6) is 0 Å². The van der Waals surface area contributed by atoms with E-state index in [1.54, 1.807) is 0 Å². The number of rotatable bonds is 4. The number of carbonyl (C=O) groups excluding carboxylic acids is 2. The van der Waals surface area contributed by atoms with Crippen molar-refractivity contribution in [2.45, 2.75) is 77.6 Å². The molecule has 0 bridgehead atoms. The summed E-state index contributed by atoms with van der Waals surface area (Å²) in [4.78, 5) is 39.0. The van der Waals surface area contributed by atoms with Crippen molar-refractivity contribution in [3.05, 3.63) is 22.8 Å². The van der Waals surface area contributed by atoms with Gasteiger partial charge in [0.1, 0.15) is 5.82 Å². The maximum atomic E-state index is 12.7. The molecule has 1 atom stereocenters. The average Bonchev–Trinajstić information content (AvgIpc) is 3.43. The number of amides is 2. The normalized spacial score (nSPS) is 23.0. The zero-order valence-corrected chi connectivity index (χ0v) is 18.0. The van der Waals surface area contributed by atoms with Gasteiger partial charge < -0.3 is 9.80 Å². The van der Waals surface area contributed by atoms with Gasteiger partial charge >= 0.3 is 0 Å². The molecule has 1 aromatic rings. The number of hydrogen-bond acceptors (Lipinski definition) is 4. The van der Waals surface area contributed by atoms with Gasteiger partial charge in [-0.05, 0) is 52.4 Å². The molecular formula is C23H34N4O2. The summed E-state index contributed by atoms with van der Waals surface area (Å²) in [5.41, 5.74) is 2.80. The van der Waals surface area contributed by atoms with Gasteiger partial charge in [0.25, 0.3) is 0 Å². The molecule has 3 fully saturated rings. The summed E-state index contributed by atoms with van der Waals surface area (Å²) < 4.78 is 0. The Labute approximate surface area is 174 Å². The fourth-order valence-corrected chi connectivity index (χ4v) is 5.21. The fraction of sp³-hybridized carbons (Fsp3) is 0.739. The van der Waals surface area contributed by atoms with E-state index in [9.17, 15) is 9.59 Å². The van der Waals surface area contributed by atoms with Gasteiger partial charge in [0.15, 0.2) is 0 Å². The average molecular weight is 399 g/mol. The highest BCUT2D eigenvalue weighted by atomic mass is 16.2. The maximum absolute atomic E-state index is 12.7. The second kappa shape index (κ2) is 8.80. The summed E-state index contributed by atoms with van der Waals surface area (Å²) in [7, 11) is 0. The van der Waals surface area contributed by atoms with Crippen LogP contribution in [0.1, 0.15) is 80.1 Å². The van der Waals surface area contributed by atoms with E-state index in [4.69, 9.17) is 9.97 Å². The number of aryl methyl sites for hydroxylation is 2. The van der Waals surface area contributed by atoms with Crippen LogP contribution in [0.2, 0.25) is 0 Å². The maximum Gasteiger partial charge on any atom is 0.227 e. The molecule has 0 radical (unpaired) electrons. The first-order valence-electron chi connectivity index (χ1n) is 11.4. The summed E-state index contributed by atoms with van der Waals surface area (Å²) in [6.07, 6.45) is 9.25. The minimum absolute atomic E-state index is 0.196. The first kappa shape index (κ1) is 20.3. The summed E-state index contributed by atoms with van der Waals surface area (Å²) in [5, 5.41) is 0. The van der Waals surface area contributed by atoms with Gasteiger partial charge in [0.05, 0.1) is 6.42 Å². The monoisotopic (exact) mass is 398 g/mol. The number of aromatic nitrogens is 2. The Balaban J connectivity index is 1.41. The first-order valence-corrected chi connectivity index (χ1v) is 11.4. The molecule has 1 saturated carbocycles. The second-order valence-corrected chi connectivity index (χ2v) is 9.10. The standard InChI is InChI=1S/C23H34N4O2/c1-16-20(14-21(28)26-11-6-3-7-12-26)17(2)25-22(24-16)19-10-13-27(15-19)23(29)18-8-4-5-9-18/h18-19H,3-15H2,1-2H3. The van der Waals surface area contributed by atoms with E-state index in [2.05, 4.69) is 0 Å². The van der Waals surface area contributed by atoms with Crippen LogP contribution in [0.25, 0.3) is 0 Å². The molecule has 2 aliphatic heterocycles. The smallest absolute Gasteiger partial charge is 0.227 e. The molecule has 3 aliphatic rings. The van der Waals surface area contributed by atoms with Crippen molar-refractivity contribution in [1.82, 2.24) is 19.8 Å². The van der Waals surface area contributed by atoms with E-state index in [0.29, 0.717) is 12.3 Å². The van der Waals surface area contributed by atoms with Crippen LogP contribution in [-0.2, 0) is 16.0 Å². The molecule has 0 N–H and O–H groups in total. The number of piperidine rings is 1. The molecule has 2 amide bonds. The molecule has 158 valence electrons. The van der Waals surface area contributed by atoms with Crippen molar-refractivity contribution in [2.24, 2.45) is 5.92 Å². The summed E-state index contributed by atoms with van der Waals surface area (Å²) >= 11 is 0. The Morgan fingerprint density at radius 1 is 0.862 bits per heavy atom. The summed E-state index contributed by atoms with van der Waals surface area (Å²) in [5.74, 6) is 1.82. The Hall–Kier alpha value is -1.98. The second-order valence-electron chi connectivity index (χ2n) is 9.10. The quantitative estimate of drug-likeness (QED) is 0.781. The molecule has 6 nitrogen and oxygen atoms in total. The third-order valence-corrected chi connectivity index (χ3v) is 7.04. The lowest BCUT2D eigenvalue weighted by Gasteiger charge is -2.27. The van der Waals surface area contributed by atoms with Gasteiger partial charge in [-0.15, -0.1) is 0 Å². The number of nitrogens with zero attached hydrogens (tertiary/aromatic N) is 4. The van der Waals surface area contributed by atoms with Gasteiger partial charge in [-0.2, -0.15) is 0 Å². The van der Waals surface area contributed by atoms with Gasteiger partial charge in [-0.3, -0.25) is 9.59 Å². The number of carbonyl (C=O) groups is 2.